The second kappa shape index (κ2) is 6.55. The van der Waals surface area contributed by atoms with Crippen LogP contribution in [0.1, 0.15) is 66.2 Å². The molecule has 0 aromatic rings. The molecule has 1 saturated heterocycles. The molecule has 2 fully saturated rings. The van der Waals surface area contributed by atoms with Crippen LogP contribution in [0, 0.1) is 11.8 Å². The molecular formula is C17H32N2O2. The Labute approximate surface area is 129 Å². The average molecular weight is 296 g/mol. The number of carbonyl (C=O) groups is 1. The molecular weight excluding hydrogens is 264 g/mol. The van der Waals surface area contributed by atoms with Gasteiger partial charge in [-0.25, -0.2) is 4.79 Å². The number of nitrogens with zero attached hydrogens (tertiary/aromatic N) is 1. The number of amides is 1. The molecule has 4 nitrogen and oxygen atoms in total. The Kier molecular flexibility index (Phi) is 5.18. The van der Waals surface area contributed by atoms with Gasteiger partial charge in [-0.2, -0.15) is 0 Å². The van der Waals surface area contributed by atoms with Gasteiger partial charge in [-0.1, -0.05) is 32.1 Å². The van der Waals surface area contributed by atoms with Gasteiger partial charge in [0.2, 0.25) is 0 Å². The number of hydrogen-bond donors (Lipinski definition) is 1. The minimum Gasteiger partial charge on any atom is -0.444 e. The second-order valence-electron chi connectivity index (χ2n) is 7.93. The van der Waals surface area contributed by atoms with E-state index in [4.69, 9.17) is 10.5 Å². The molecule has 0 aromatic heterocycles. The molecule has 21 heavy (non-hydrogen) atoms. The quantitative estimate of drug-likeness (QED) is 0.805. The van der Waals surface area contributed by atoms with Gasteiger partial charge in [0.15, 0.2) is 0 Å². The number of hydrogen-bond acceptors (Lipinski definition) is 3. The van der Waals surface area contributed by atoms with Crippen LogP contribution in [0.15, 0.2) is 0 Å². The molecule has 1 aliphatic carbocycles. The highest BCUT2D eigenvalue weighted by molar-refractivity contribution is 5.68. The minimum atomic E-state index is -0.446. The van der Waals surface area contributed by atoms with Gasteiger partial charge in [-0.05, 0) is 46.0 Å². The summed E-state index contributed by atoms with van der Waals surface area (Å²) in [5, 5.41) is 0. The fourth-order valence-corrected chi connectivity index (χ4v) is 3.98. The van der Waals surface area contributed by atoms with Crippen LogP contribution in [0.25, 0.3) is 0 Å². The molecule has 4 heteroatoms. The molecule has 1 amide bonds. The first-order valence-corrected chi connectivity index (χ1v) is 8.53. The van der Waals surface area contributed by atoms with Crippen molar-refractivity contribution in [2.75, 3.05) is 6.54 Å². The average Bonchev–Trinajstić information content (AvgIpc) is 2.40. The second-order valence-corrected chi connectivity index (χ2v) is 7.93. The molecule has 0 aromatic carbocycles. The van der Waals surface area contributed by atoms with Crippen molar-refractivity contribution in [3.8, 4) is 0 Å². The van der Waals surface area contributed by atoms with Crippen LogP contribution < -0.4 is 5.73 Å². The van der Waals surface area contributed by atoms with Crippen molar-refractivity contribution in [1.82, 2.24) is 4.90 Å². The summed E-state index contributed by atoms with van der Waals surface area (Å²) in [4.78, 5) is 14.3. The van der Waals surface area contributed by atoms with Crippen molar-refractivity contribution in [2.45, 2.75) is 83.9 Å². The minimum absolute atomic E-state index is 0.0839. The fourth-order valence-electron chi connectivity index (χ4n) is 3.98. The number of piperidine rings is 1. The smallest absolute Gasteiger partial charge is 0.410 e. The van der Waals surface area contributed by atoms with E-state index >= 15 is 0 Å². The van der Waals surface area contributed by atoms with E-state index < -0.39 is 5.60 Å². The van der Waals surface area contributed by atoms with Crippen LogP contribution in [-0.4, -0.2) is 35.2 Å². The molecule has 2 rings (SSSR count). The lowest BCUT2D eigenvalue weighted by molar-refractivity contribution is -0.00983. The van der Waals surface area contributed by atoms with Gasteiger partial charge in [0.05, 0.1) is 0 Å². The molecule has 1 heterocycles. The van der Waals surface area contributed by atoms with Crippen LogP contribution in [0.2, 0.25) is 0 Å². The Morgan fingerprint density at radius 1 is 1.19 bits per heavy atom. The summed E-state index contributed by atoms with van der Waals surface area (Å²) < 4.78 is 5.56. The number of likely N-dealkylation sites (tertiary alicyclic amines) is 1. The third-order valence-electron chi connectivity index (χ3n) is 5.00. The standard InChI is InChI=1S/C17H32N2O2/c1-12-15(13-8-6-5-7-9-13)10-14(18)11-19(12)16(20)21-17(2,3)4/h12-15H,5-11,18H2,1-4H3. The topological polar surface area (TPSA) is 55.6 Å². The lowest BCUT2D eigenvalue weighted by Crippen LogP contribution is -2.56. The van der Waals surface area contributed by atoms with Crippen molar-refractivity contribution >= 4 is 6.09 Å². The van der Waals surface area contributed by atoms with Crippen LogP contribution in [0.4, 0.5) is 4.79 Å². The predicted molar refractivity (Wildman–Crippen MR) is 85.1 cm³/mol. The number of ether oxygens (including phenoxy) is 1. The van der Waals surface area contributed by atoms with Crippen molar-refractivity contribution in [2.24, 2.45) is 17.6 Å². The largest absolute Gasteiger partial charge is 0.444 e. The van der Waals surface area contributed by atoms with Crippen LogP contribution in [0.3, 0.4) is 0 Å². The summed E-state index contributed by atoms with van der Waals surface area (Å²) in [5.41, 5.74) is 5.79. The van der Waals surface area contributed by atoms with Crippen LogP contribution >= 0.6 is 0 Å². The molecule has 0 bridgehead atoms. The Balaban J connectivity index is 2.05. The molecule has 3 unspecified atom stereocenters. The Bertz CT molecular complexity index is 358. The van der Waals surface area contributed by atoms with Gasteiger partial charge < -0.3 is 15.4 Å². The monoisotopic (exact) mass is 296 g/mol. The third kappa shape index (κ3) is 4.35. The van der Waals surface area contributed by atoms with Crippen molar-refractivity contribution in [3.05, 3.63) is 0 Å². The SMILES string of the molecule is CC1C(C2CCCCC2)CC(N)CN1C(=O)OC(C)(C)C. The first-order valence-electron chi connectivity index (χ1n) is 8.53. The zero-order valence-corrected chi connectivity index (χ0v) is 14.1. The van der Waals surface area contributed by atoms with Crippen molar-refractivity contribution < 1.29 is 9.53 Å². The fraction of sp³-hybridized carbons (Fsp3) is 0.941. The molecule has 2 N–H and O–H groups in total. The molecule has 0 radical (unpaired) electrons. The van der Waals surface area contributed by atoms with E-state index in [2.05, 4.69) is 6.92 Å². The summed E-state index contributed by atoms with van der Waals surface area (Å²) in [6, 6.07) is 0.323. The zero-order chi connectivity index (χ0) is 15.6. The van der Waals surface area contributed by atoms with E-state index in [1.807, 2.05) is 25.7 Å². The van der Waals surface area contributed by atoms with Crippen LogP contribution in [-0.2, 0) is 4.74 Å². The molecule has 2 aliphatic rings. The van der Waals surface area contributed by atoms with Gasteiger partial charge in [0, 0.05) is 18.6 Å². The maximum atomic E-state index is 12.4. The van der Waals surface area contributed by atoms with Crippen LogP contribution in [0.5, 0.6) is 0 Å². The summed E-state index contributed by atoms with van der Waals surface area (Å²) in [6.07, 6.45) is 7.45. The Hall–Kier alpha value is -0.770. The lowest BCUT2D eigenvalue weighted by atomic mass is 9.72. The van der Waals surface area contributed by atoms with Gasteiger partial charge >= 0.3 is 6.09 Å². The highest BCUT2D eigenvalue weighted by Gasteiger charge is 2.40. The molecule has 1 saturated carbocycles. The molecule has 1 aliphatic heterocycles. The molecule has 3 atom stereocenters. The maximum Gasteiger partial charge on any atom is 0.410 e. The summed E-state index contributed by atoms with van der Waals surface area (Å²) in [7, 11) is 0. The van der Waals surface area contributed by atoms with E-state index in [0.717, 1.165) is 12.3 Å². The summed E-state index contributed by atoms with van der Waals surface area (Å²) >= 11 is 0. The van der Waals surface area contributed by atoms with Gasteiger partial charge in [0.1, 0.15) is 5.60 Å². The number of rotatable bonds is 1. The lowest BCUT2D eigenvalue weighted by Gasteiger charge is -2.46. The first kappa shape index (κ1) is 16.6. The van der Waals surface area contributed by atoms with Gasteiger partial charge in [-0.3, -0.25) is 0 Å². The van der Waals surface area contributed by atoms with Crippen molar-refractivity contribution in [3.63, 3.8) is 0 Å². The highest BCUT2D eigenvalue weighted by Crippen LogP contribution is 2.38. The van der Waals surface area contributed by atoms with E-state index in [1.165, 1.54) is 32.1 Å². The Morgan fingerprint density at radius 2 is 1.81 bits per heavy atom. The van der Waals surface area contributed by atoms with E-state index in [1.54, 1.807) is 0 Å². The first-order chi connectivity index (χ1) is 9.78. The normalized spacial score (nSPS) is 32.0. The van der Waals surface area contributed by atoms with E-state index in [9.17, 15) is 4.79 Å². The van der Waals surface area contributed by atoms with E-state index in [0.29, 0.717) is 12.5 Å². The van der Waals surface area contributed by atoms with Gasteiger partial charge in [0.25, 0.3) is 0 Å². The van der Waals surface area contributed by atoms with Crippen molar-refractivity contribution in [1.29, 1.82) is 0 Å². The zero-order valence-electron chi connectivity index (χ0n) is 14.1. The molecule has 122 valence electrons. The van der Waals surface area contributed by atoms with Gasteiger partial charge in [-0.15, -0.1) is 0 Å². The number of carbonyl (C=O) groups excluding carboxylic acids is 1. The van der Waals surface area contributed by atoms with E-state index in [-0.39, 0.29) is 18.2 Å². The maximum absolute atomic E-state index is 12.4. The molecule has 0 spiro atoms. The highest BCUT2D eigenvalue weighted by atomic mass is 16.6. The number of nitrogens with two attached hydrogens (primary N) is 1. The third-order valence-corrected chi connectivity index (χ3v) is 5.00. The predicted octanol–water partition coefficient (Wildman–Crippen LogP) is 3.54. The summed E-state index contributed by atoms with van der Waals surface area (Å²) in [5.74, 6) is 1.26. The Morgan fingerprint density at radius 3 is 2.38 bits per heavy atom. The summed E-state index contributed by atoms with van der Waals surface area (Å²) in [6.45, 7) is 8.54.